The van der Waals surface area contributed by atoms with Crippen molar-refractivity contribution < 1.29 is 14.3 Å². The molecule has 1 aromatic carbocycles. The number of carbonyl (C=O) groups excluding carboxylic acids is 1. The van der Waals surface area contributed by atoms with Crippen molar-refractivity contribution >= 4 is 17.2 Å². The van der Waals surface area contributed by atoms with Gasteiger partial charge in [-0.1, -0.05) is 12.1 Å². The third-order valence-electron chi connectivity index (χ3n) is 2.95. The lowest BCUT2D eigenvalue weighted by molar-refractivity contribution is -0.121. The van der Waals surface area contributed by atoms with Crippen molar-refractivity contribution in [2.75, 3.05) is 6.54 Å². The molecule has 1 aromatic heterocycles. The van der Waals surface area contributed by atoms with Crippen LogP contribution in [0.3, 0.4) is 0 Å². The van der Waals surface area contributed by atoms with Gasteiger partial charge in [-0.2, -0.15) is 11.3 Å². The third kappa shape index (κ3) is 4.43. The predicted octanol–water partition coefficient (Wildman–Crippen LogP) is 2.67. The first kappa shape index (κ1) is 14.7. The summed E-state index contributed by atoms with van der Waals surface area (Å²) < 4.78 is 13.0. The van der Waals surface area contributed by atoms with Gasteiger partial charge >= 0.3 is 0 Å². The van der Waals surface area contributed by atoms with E-state index in [0.29, 0.717) is 6.42 Å². The van der Waals surface area contributed by atoms with Crippen molar-refractivity contribution in [3.8, 4) is 0 Å². The maximum absolute atomic E-state index is 13.0. The average molecular weight is 293 g/mol. The van der Waals surface area contributed by atoms with E-state index < -0.39 is 6.10 Å². The minimum atomic E-state index is -0.681. The van der Waals surface area contributed by atoms with Crippen LogP contribution in [-0.2, 0) is 11.2 Å². The zero-order valence-corrected chi connectivity index (χ0v) is 11.7. The highest BCUT2D eigenvalue weighted by Crippen LogP contribution is 2.15. The highest BCUT2D eigenvalue weighted by molar-refractivity contribution is 7.07. The number of carbonyl (C=O) groups is 1. The van der Waals surface area contributed by atoms with E-state index in [0.717, 1.165) is 11.1 Å². The highest BCUT2D eigenvalue weighted by atomic mass is 32.1. The van der Waals surface area contributed by atoms with E-state index in [9.17, 15) is 14.3 Å². The average Bonchev–Trinajstić information content (AvgIpc) is 2.97. The van der Waals surface area contributed by atoms with Crippen molar-refractivity contribution in [1.29, 1.82) is 0 Å². The molecule has 0 aliphatic carbocycles. The minimum Gasteiger partial charge on any atom is -0.387 e. The van der Waals surface area contributed by atoms with Gasteiger partial charge in [-0.25, -0.2) is 4.39 Å². The molecule has 0 radical (unpaired) electrons. The molecule has 2 rings (SSSR count). The lowest BCUT2D eigenvalue weighted by Crippen LogP contribution is -2.28. The molecular weight excluding hydrogens is 277 g/mol. The van der Waals surface area contributed by atoms with Gasteiger partial charge in [0.2, 0.25) is 5.91 Å². The molecule has 2 N–H and O–H groups in total. The molecule has 3 nitrogen and oxygen atoms in total. The molecule has 5 heteroatoms. The predicted molar refractivity (Wildman–Crippen MR) is 77.0 cm³/mol. The second kappa shape index (κ2) is 7.17. The summed E-state index contributed by atoms with van der Waals surface area (Å²) in [5.74, 6) is -0.445. The lowest BCUT2D eigenvalue weighted by atomic mass is 10.1. The zero-order chi connectivity index (χ0) is 14.4. The smallest absolute Gasteiger partial charge is 0.220 e. The first-order chi connectivity index (χ1) is 9.65. The first-order valence-corrected chi connectivity index (χ1v) is 7.31. The fourth-order valence-electron chi connectivity index (χ4n) is 1.83. The van der Waals surface area contributed by atoms with Crippen LogP contribution in [0.25, 0.3) is 0 Å². The Hall–Kier alpha value is -1.72. The van der Waals surface area contributed by atoms with Gasteiger partial charge in [0.15, 0.2) is 0 Å². The Morgan fingerprint density at radius 3 is 2.95 bits per heavy atom. The van der Waals surface area contributed by atoms with Gasteiger partial charge in [0.1, 0.15) is 5.82 Å². The Kier molecular flexibility index (Phi) is 5.26. The SMILES string of the molecule is O=C(CCc1cccc(F)c1)NCC(O)c1ccsc1. The summed E-state index contributed by atoms with van der Waals surface area (Å²) in [5, 5.41) is 16.2. The Labute approximate surface area is 121 Å². The molecule has 20 heavy (non-hydrogen) atoms. The van der Waals surface area contributed by atoms with E-state index in [4.69, 9.17) is 0 Å². The third-order valence-corrected chi connectivity index (χ3v) is 3.65. The monoisotopic (exact) mass is 293 g/mol. The Bertz CT molecular complexity index is 557. The largest absolute Gasteiger partial charge is 0.387 e. The standard InChI is InChI=1S/C15H16FNO2S/c16-13-3-1-2-11(8-13)4-5-15(19)17-9-14(18)12-6-7-20-10-12/h1-3,6-8,10,14,18H,4-5,9H2,(H,17,19). The van der Waals surface area contributed by atoms with Crippen LogP contribution in [0.15, 0.2) is 41.1 Å². The Morgan fingerprint density at radius 2 is 2.25 bits per heavy atom. The van der Waals surface area contributed by atoms with Gasteiger partial charge in [0.05, 0.1) is 6.10 Å². The van der Waals surface area contributed by atoms with E-state index in [1.165, 1.54) is 23.5 Å². The number of nitrogens with one attached hydrogen (secondary N) is 1. The maximum Gasteiger partial charge on any atom is 0.220 e. The molecule has 0 bridgehead atoms. The van der Waals surface area contributed by atoms with E-state index in [-0.39, 0.29) is 24.7 Å². The Balaban J connectivity index is 1.73. The molecule has 1 atom stereocenters. The summed E-state index contributed by atoms with van der Waals surface area (Å²) in [6, 6.07) is 8.04. The van der Waals surface area contributed by atoms with Gasteiger partial charge in [-0.3, -0.25) is 4.79 Å². The molecular formula is C15H16FNO2S. The van der Waals surface area contributed by atoms with Crippen molar-refractivity contribution in [2.24, 2.45) is 0 Å². The molecule has 1 unspecified atom stereocenters. The molecule has 1 heterocycles. The highest BCUT2D eigenvalue weighted by Gasteiger charge is 2.09. The van der Waals surface area contributed by atoms with Crippen LogP contribution in [-0.4, -0.2) is 17.6 Å². The number of aryl methyl sites for hydroxylation is 1. The number of benzene rings is 1. The van der Waals surface area contributed by atoms with Crippen LogP contribution in [0.2, 0.25) is 0 Å². The van der Waals surface area contributed by atoms with Crippen molar-refractivity contribution in [3.63, 3.8) is 0 Å². The van der Waals surface area contributed by atoms with E-state index in [1.54, 1.807) is 12.1 Å². The van der Waals surface area contributed by atoms with Gasteiger partial charge < -0.3 is 10.4 Å². The van der Waals surface area contributed by atoms with E-state index in [1.807, 2.05) is 16.8 Å². The number of aliphatic hydroxyl groups excluding tert-OH is 1. The fraction of sp³-hybridized carbons (Fsp3) is 0.267. The topological polar surface area (TPSA) is 49.3 Å². The van der Waals surface area contributed by atoms with Gasteiger partial charge in [-0.15, -0.1) is 0 Å². The summed E-state index contributed by atoms with van der Waals surface area (Å²) in [4.78, 5) is 11.7. The Morgan fingerprint density at radius 1 is 1.40 bits per heavy atom. The minimum absolute atomic E-state index is 0.149. The molecule has 0 aliphatic heterocycles. The van der Waals surface area contributed by atoms with E-state index >= 15 is 0 Å². The number of rotatable bonds is 6. The lowest BCUT2D eigenvalue weighted by Gasteiger charge is -2.10. The quantitative estimate of drug-likeness (QED) is 0.860. The molecule has 0 aliphatic rings. The summed E-state index contributed by atoms with van der Waals surface area (Å²) in [7, 11) is 0. The number of aliphatic hydroxyl groups is 1. The van der Waals surface area contributed by atoms with E-state index in [2.05, 4.69) is 5.32 Å². The summed E-state index contributed by atoms with van der Waals surface area (Å²) in [6.45, 7) is 0.193. The van der Waals surface area contributed by atoms with Gasteiger partial charge in [0.25, 0.3) is 0 Å². The summed E-state index contributed by atoms with van der Waals surface area (Å²) in [6.07, 6.45) is 0.0807. The van der Waals surface area contributed by atoms with Crippen LogP contribution in [0, 0.1) is 5.82 Å². The zero-order valence-electron chi connectivity index (χ0n) is 10.9. The fourth-order valence-corrected chi connectivity index (χ4v) is 2.54. The van der Waals surface area contributed by atoms with Crippen molar-refractivity contribution in [1.82, 2.24) is 5.32 Å². The maximum atomic E-state index is 13.0. The molecule has 0 saturated heterocycles. The normalized spacial score (nSPS) is 12.1. The van der Waals surface area contributed by atoms with Gasteiger partial charge in [0, 0.05) is 13.0 Å². The second-order valence-electron chi connectivity index (χ2n) is 4.51. The number of hydrogen-bond acceptors (Lipinski definition) is 3. The first-order valence-electron chi connectivity index (χ1n) is 6.36. The number of hydrogen-bond donors (Lipinski definition) is 2. The number of thiophene rings is 1. The molecule has 0 spiro atoms. The molecule has 1 amide bonds. The van der Waals surface area contributed by atoms with Crippen LogP contribution in [0.1, 0.15) is 23.7 Å². The van der Waals surface area contributed by atoms with Crippen LogP contribution >= 0.6 is 11.3 Å². The van der Waals surface area contributed by atoms with Crippen LogP contribution < -0.4 is 5.32 Å². The molecule has 106 valence electrons. The van der Waals surface area contributed by atoms with Crippen molar-refractivity contribution in [3.05, 3.63) is 58.0 Å². The number of halogens is 1. The van der Waals surface area contributed by atoms with Crippen LogP contribution in [0.5, 0.6) is 0 Å². The van der Waals surface area contributed by atoms with Crippen molar-refractivity contribution in [2.45, 2.75) is 18.9 Å². The summed E-state index contributed by atoms with van der Waals surface area (Å²) in [5.41, 5.74) is 1.60. The molecule has 0 fully saturated rings. The van der Waals surface area contributed by atoms with Gasteiger partial charge in [-0.05, 0) is 46.5 Å². The second-order valence-corrected chi connectivity index (χ2v) is 5.29. The van der Waals surface area contributed by atoms with Crippen LogP contribution in [0.4, 0.5) is 4.39 Å². The molecule has 0 saturated carbocycles. The summed E-state index contributed by atoms with van der Waals surface area (Å²) >= 11 is 1.50. The molecule has 2 aromatic rings. The number of amides is 1.